The summed E-state index contributed by atoms with van der Waals surface area (Å²) in [6.45, 7) is 1.53. The van der Waals surface area contributed by atoms with Crippen LogP contribution in [0, 0.1) is 5.82 Å². The van der Waals surface area contributed by atoms with E-state index in [2.05, 4.69) is 20.7 Å². The molecule has 176 valence electrons. The molecule has 2 atom stereocenters. The Kier molecular flexibility index (Phi) is 7.40. The first-order valence-corrected chi connectivity index (χ1v) is 12.8. The Hall–Kier alpha value is -2.96. The van der Waals surface area contributed by atoms with Gasteiger partial charge in [0.1, 0.15) is 22.3 Å². The Bertz CT molecular complexity index is 1190. The number of rotatable bonds is 9. The topological polar surface area (TPSA) is 133 Å². The summed E-state index contributed by atoms with van der Waals surface area (Å²) in [5, 5.41) is 7.34. The summed E-state index contributed by atoms with van der Waals surface area (Å²) in [6.07, 6.45) is 1.97. The van der Waals surface area contributed by atoms with E-state index < -0.39 is 50.2 Å². The van der Waals surface area contributed by atoms with E-state index in [-0.39, 0.29) is 6.42 Å². The minimum Gasteiger partial charge on any atom is -0.325 e. The fourth-order valence-electron chi connectivity index (χ4n) is 3.28. The third-order valence-electron chi connectivity index (χ3n) is 5.10. The number of carbonyl (C=O) groups is 3. The molecule has 1 fully saturated rings. The Morgan fingerprint density at radius 2 is 1.91 bits per heavy atom. The molecule has 0 saturated carbocycles. The fourth-order valence-corrected chi connectivity index (χ4v) is 5.06. The van der Waals surface area contributed by atoms with E-state index in [1.54, 1.807) is 18.2 Å². The number of sulfonamides is 1. The molecule has 0 radical (unpaired) electrons. The molecule has 4 amide bonds. The normalized spacial score (nSPS) is 19.0. The molecule has 2 unspecified atom stereocenters. The van der Waals surface area contributed by atoms with Gasteiger partial charge in [0.15, 0.2) is 0 Å². The molecule has 2 aromatic carbocycles. The van der Waals surface area contributed by atoms with Crippen molar-refractivity contribution in [3.63, 3.8) is 0 Å². The van der Waals surface area contributed by atoms with Crippen LogP contribution in [0.5, 0.6) is 0 Å². The number of nitrogens with one attached hydrogen (secondary N) is 4. The Morgan fingerprint density at radius 3 is 2.55 bits per heavy atom. The molecule has 1 saturated heterocycles. The number of imide groups is 1. The lowest BCUT2D eigenvalue weighted by Gasteiger charge is -2.22. The number of halogens is 1. The van der Waals surface area contributed by atoms with Gasteiger partial charge >= 0.3 is 6.03 Å². The molecule has 4 N–H and O–H groups in total. The monoisotopic (exact) mass is 494 g/mol. The van der Waals surface area contributed by atoms with E-state index in [4.69, 9.17) is 0 Å². The Labute approximate surface area is 195 Å². The first-order chi connectivity index (χ1) is 15.6. The SMILES string of the molecule is CSCCC(NS(=O)(=O)c1ccccc1F)C(=O)Nc1cccc(C2(C)NC(=O)NC2=O)c1. The molecular formula is C21H23FN4O5S2. The van der Waals surface area contributed by atoms with Crippen molar-refractivity contribution in [3.05, 3.63) is 59.9 Å². The van der Waals surface area contributed by atoms with Crippen molar-refractivity contribution < 1.29 is 27.2 Å². The second-order valence-electron chi connectivity index (χ2n) is 7.49. The molecule has 1 aliphatic heterocycles. The summed E-state index contributed by atoms with van der Waals surface area (Å²) in [5.41, 5.74) is -0.592. The average Bonchev–Trinajstić information content (AvgIpc) is 3.03. The fraction of sp³-hybridized carbons (Fsp3) is 0.286. The maximum absolute atomic E-state index is 14.0. The predicted molar refractivity (Wildman–Crippen MR) is 123 cm³/mol. The summed E-state index contributed by atoms with van der Waals surface area (Å²) in [7, 11) is -4.30. The Morgan fingerprint density at radius 1 is 1.18 bits per heavy atom. The van der Waals surface area contributed by atoms with Crippen molar-refractivity contribution in [2.75, 3.05) is 17.3 Å². The molecule has 33 heavy (non-hydrogen) atoms. The molecule has 0 spiro atoms. The standard InChI is InChI=1S/C21H23FN4O5S2/c1-21(19(28)24-20(29)25-21)13-6-5-7-14(12-13)23-18(27)16(10-11-32-2)26-33(30,31)17-9-4-3-8-15(17)22/h3-9,12,16,26H,10-11H2,1-2H3,(H,23,27)(H2,24,25,28,29). The third-order valence-corrected chi connectivity index (χ3v) is 7.25. The third kappa shape index (κ3) is 5.52. The van der Waals surface area contributed by atoms with Crippen LogP contribution in [0.3, 0.4) is 0 Å². The van der Waals surface area contributed by atoms with E-state index in [9.17, 15) is 27.2 Å². The van der Waals surface area contributed by atoms with Crippen LogP contribution in [0.4, 0.5) is 14.9 Å². The van der Waals surface area contributed by atoms with Gasteiger partial charge in [-0.05, 0) is 55.2 Å². The average molecular weight is 495 g/mol. The minimum atomic E-state index is -4.30. The number of carbonyl (C=O) groups excluding carboxylic acids is 3. The van der Waals surface area contributed by atoms with Crippen molar-refractivity contribution in [2.24, 2.45) is 0 Å². The zero-order chi connectivity index (χ0) is 24.2. The van der Waals surface area contributed by atoms with Crippen molar-refractivity contribution in [1.29, 1.82) is 0 Å². The maximum atomic E-state index is 14.0. The van der Waals surface area contributed by atoms with Crippen LogP contribution in [0.1, 0.15) is 18.9 Å². The molecule has 1 aliphatic rings. The van der Waals surface area contributed by atoms with Crippen LogP contribution < -0.4 is 20.7 Å². The zero-order valence-electron chi connectivity index (χ0n) is 17.8. The summed E-state index contributed by atoms with van der Waals surface area (Å²) in [6, 6.07) is 9.39. The van der Waals surface area contributed by atoms with Gasteiger partial charge in [-0.3, -0.25) is 14.9 Å². The Balaban J connectivity index is 1.82. The van der Waals surface area contributed by atoms with E-state index in [1.807, 2.05) is 6.26 Å². The number of amides is 4. The zero-order valence-corrected chi connectivity index (χ0v) is 19.5. The number of thioether (sulfide) groups is 1. The van der Waals surface area contributed by atoms with Crippen LogP contribution in [-0.4, -0.2) is 44.3 Å². The largest absolute Gasteiger partial charge is 0.325 e. The summed E-state index contributed by atoms with van der Waals surface area (Å²) >= 11 is 1.42. The van der Waals surface area contributed by atoms with Crippen LogP contribution in [-0.2, 0) is 25.2 Å². The highest BCUT2D eigenvalue weighted by Gasteiger charge is 2.43. The van der Waals surface area contributed by atoms with Crippen molar-refractivity contribution in [2.45, 2.75) is 29.8 Å². The highest BCUT2D eigenvalue weighted by molar-refractivity contribution is 7.98. The van der Waals surface area contributed by atoms with Gasteiger partial charge in [0.2, 0.25) is 15.9 Å². The summed E-state index contributed by atoms with van der Waals surface area (Å²) in [5.74, 6) is -1.63. The smallest absolute Gasteiger partial charge is 0.322 e. The quantitative estimate of drug-likeness (QED) is 0.394. The molecule has 0 aliphatic carbocycles. The van der Waals surface area contributed by atoms with E-state index in [1.165, 1.54) is 36.9 Å². The van der Waals surface area contributed by atoms with E-state index in [0.717, 1.165) is 12.1 Å². The number of benzene rings is 2. The van der Waals surface area contributed by atoms with Gasteiger partial charge in [0.05, 0.1) is 0 Å². The maximum Gasteiger partial charge on any atom is 0.322 e. The van der Waals surface area contributed by atoms with Crippen LogP contribution >= 0.6 is 11.8 Å². The number of urea groups is 1. The first kappa shape index (κ1) is 24.7. The lowest BCUT2D eigenvalue weighted by Crippen LogP contribution is -2.44. The molecule has 0 aromatic heterocycles. The second-order valence-corrected chi connectivity index (χ2v) is 10.2. The van der Waals surface area contributed by atoms with Gasteiger partial charge in [0.25, 0.3) is 5.91 Å². The first-order valence-electron chi connectivity index (χ1n) is 9.87. The minimum absolute atomic E-state index is 0.163. The van der Waals surface area contributed by atoms with Crippen molar-refractivity contribution >= 4 is 45.3 Å². The van der Waals surface area contributed by atoms with E-state index in [0.29, 0.717) is 17.0 Å². The van der Waals surface area contributed by atoms with E-state index >= 15 is 0 Å². The number of hydrogen-bond acceptors (Lipinski definition) is 6. The summed E-state index contributed by atoms with van der Waals surface area (Å²) < 4.78 is 41.7. The summed E-state index contributed by atoms with van der Waals surface area (Å²) in [4.78, 5) is 36.2. The number of hydrogen-bond donors (Lipinski definition) is 4. The highest BCUT2D eigenvalue weighted by atomic mass is 32.2. The molecule has 12 heteroatoms. The molecule has 2 aromatic rings. The molecule has 3 rings (SSSR count). The van der Waals surface area contributed by atoms with Gasteiger partial charge in [-0.25, -0.2) is 17.6 Å². The second kappa shape index (κ2) is 9.89. The van der Waals surface area contributed by atoms with Gasteiger partial charge in [0, 0.05) is 5.69 Å². The van der Waals surface area contributed by atoms with Gasteiger partial charge < -0.3 is 10.6 Å². The lowest BCUT2D eigenvalue weighted by atomic mass is 9.92. The highest BCUT2D eigenvalue weighted by Crippen LogP contribution is 2.26. The molecule has 9 nitrogen and oxygen atoms in total. The van der Waals surface area contributed by atoms with Crippen LogP contribution in [0.25, 0.3) is 0 Å². The lowest BCUT2D eigenvalue weighted by molar-refractivity contribution is -0.123. The molecule has 1 heterocycles. The van der Waals surface area contributed by atoms with Gasteiger partial charge in [-0.2, -0.15) is 16.5 Å². The van der Waals surface area contributed by atoms with Gasteiger partial charge in [-0.1, -0.05) is 24.3 Å². The molecular weight excluding hydrogens is 471 g/mol. The van der Waals surface area contributed by atoms with Crippen LogP contribution in [0.15, 0.2) is 53.4 Å². The predicted octanol–water partition coefficient (Wildman–Crippen LogP) is 1.92. The molecule has 0 bridgehead atoms. The van der Waals surface area contributed by atoms with Gasteiger partial charge in [-0.15, -0.1) is 0 Å². The van der Waals surface area contributed by atoms with Crippen molar-refractivity contribution in [1.82, 2.24) is 15.4 Å². The van der Waals surface area contributed by atoms with Crippen LogP contribution in [0.2, 0.25) is 0 Å². The number of anilines is 1. The van der Waals surface area contributed by atoms with Crippen molar-refractivity contribution in [3.8, 4) is 0 Å².